The fourth-order valence-electron chi connectivity index (χ4n) is 1.97. The molecule has 1 aliphatic rings. The molecule has 1 aliphatic carbocycles. The predicted molar refractivity (Wildman–Crippen MR) is 64.3 cm³/mol. The molecule has 1 fully saturated rings. The highest BCUT2D eigenvalue weighted by Crippen LogP contribution is 2.35. The Morgan fingerprint density at radius 2 is 2.11 bits per heavy atom. The lowest BCUT2D eigenvalue weighted by atomic mass is 10.1. The van der Waals surface area contributed by atoms with Crippen molar-refractivity contribution in [2.45, 2.75) is 44.8 Å². The zero-order valence-corrected chi connectivity index (χ0v) is 10.3. The Morgan fingerprint density at radius 1 is 1.39 bits per heavy atom. The third-order valence-electron chi connectivity index (χ3n) is 3.20. The van der Waals surface area contributed by atoms with E-state index in [4.69, 9.17) is 0 Å². The number of pyridine rings is 1. The molecule has 1 unspecified atom stereocenters. The molecule has 2 rings (SSSR count). The predicted octanol–water partition coefficient (Wildman–Crippen LogP) is 4.09. The van der Waals surface area contributed by atoms with Crippen LogP contribution in [0.25, 0.3) is 0 Å². The second-order valence-corrected chi connectivity index (χ2v) is 4.83. The third kappa shape index (κ3) is 3.62. The van der Waals surface area contributed by atoms with Crippen molar-refractivity contribution in [1.82, 2.24) is 4.98 Å². The summed E-state index contributed by atoms with van der Waals surface area (Å²) in [7, 11) is 0. The molecule has 1 aromatic heterocycles. The van der Waals surface area contributed by atoms with Crippen LogP contribution in [-0.2, 0) is 6.18 Å². The highest BCUT2D eigenvalue weighted by Gasteiger charge is 2.32. The van der Waals surface area contributed by atoms with Crippen LogP contribution in [0.15, 0.2) is 18.2 Å². The number of alkyl halides is 3. The van der Waals surface area contributed by atoms with Crippen molar-refractivity contribution >= 4 is 5.82 Å². The van der Waals surface area contributed by atoms with E-state index in [0.717, 1.165) is 24.8 Å². The summed E-state index contributed by atoms with van der Waals surface area (Å²) in [6, 6.07) is 4.19. The number of nitrogens with one attached hydrogen (secondary N) is 1. The molecule has 5 heteroatoms. The van der Waals surface area contributed by atoms with Gasteiger partial charge in [0.25, 0.3) is 0 Å². The molecule has 18 heavy (non-hydrogen) atoms. The van der Waals surface area contributed by atoms with Crippen LogP contribution in [0.2, 0.25) is 0 Å². The highest BCUT2D eigenvalue weighted by molar-refractivity contribution is 5.37. The molecule has 1 aromatic rings. The van der Waals surface area contributed by atoms with E-state index in [2.05, 4.69) is 10.3 Å². The molecule has 2 nitrogen and oxygen atoms in total. The molecule has 0 saturated heterocycles. The normalized spacial score (nSPS) is 17.6. The van der Waals surface area contributed by atoms with Gasteiger partial charge in [0.2, 0.25) is 0 Å². The first-order valence-corrected chi connectivity index (χ1v) is 6.30. The van der Waals surface area contributed by atoms with Crippen molar-refractivity contribution in [3.8, 4) is 0 Å². The van der Waals surface area contributed by atoms with Gasteiger partial charge in [0.1, 0.15) is 11.5 Å². The van der Waals surface area contributed by atoms with Crippen LogP contribution in [0.3, 0.4) is 0 Å². The average molecular weight is 258 g/mol. The maximum Gasteiger partial charge on any atom is 0.433 e. The van der Waals surface area contributed by atoms with Crippen molar-refractivity contribution in [2.75, 3.05) is 5.32 Å². The van der Waals surface area contributed by atoms with E-state index in [1.807, 2.05) is 6.92 Å². The van der Waals surface area contributed by atoms with E-state index in [1.54, 1.807) is 6.07 Å². The zero-order chi connectivity index (χ0) is 13.2. The second-order valence-electron chi connectivity index (χ2n) is 4.83. The quantitative estimate of drug-likeness (QED) is 0.860. The fourth-order valence-corrected chi connectivity index (χ4v) is 1.97. The summed E-state index contributed by atoms with van der Waals surface area (Å²) in [5.74, 6) is 1.06. The molecule has 1 N–H and O–H groups in total. The summed E-state index contributed by atoms with van der Waals surface area (Å²) in [6.07, 6.45) is 0.0289. The number of nitrogens with zero attached hydrogens (tertiary/aromatic N) is 1. The maximum atomic E-state index is 12.5. The van der Waals surface area contributed by atoms with Gasteiger partial charge in [0.15, 0.2) is 0 Å². The second kappa shape index (κ2) is 5.16. The van der Waals surface area contributed by atoms with Crippen molar-refractivity contribution in [1.29, 1.82) is 0 Å². The standard InChI is InChI=1S/C13H17F3N2/c1-2-10(8-9-6-7-9)17-12-5-3-4-11(18-12)13(14,15)16/h3-5,9-10H,2,6-8H2,1H3,(H,17,18). The smallest absolute Gasteiger partial charge is 0.367 e. The topological polar surface area (TPSA) is 24.9 Å². The van der Waals surface area contributed by atoms with E-state index >= 15 is 0 Å². The molecule has 100 valence electrons. The van der Waals surface area contributed by atoms with Gasteiger partial charge >= 0.3 is 6.18 Å². The number of rotatable bonds is 5. The van der Waals surface area contributed by atoms with Gasteiger partial charge in [-0.15, -0.1) is 0 Å². The molecular formula is C13H17F3N2. The Kier molecular flexibility index (Phi) is 3.78. The summed E-state index contributed by atoms with van der Waals surface area (Å²) in [4.78, 5) is 3.62. The van der Waals surface area contributed by atoms with Gasteiger partial charge in [-0.05, 0) is 30.9 Å². The summed E-state index contributed by atoms with van der Waals surface area (Å²) >= 11 is 0. The van der Waals surface area contributed by atoms with Gasteiger partial charge in [-0.1, -0.05) is 25.8 Å². The maximum absolute atomic E-state index is 12.5. The van der Waals surface area contributed by atoms with Crippen molar-refractivity contribution in [3.05, 3.63) is 23.9 Å². The van der Waals surface area contributed by atoms with Crippen LogP contribution in [0.4, 0.5) is 19.0 Å². The Hall–Kier alpha value is -1.26. The van der Waals surface area contributed by atoms with Gasteiger partial charge in [-0.25, -0.2) is 4.98 Å². The van der Waals surface area contributed by atoms with Crippen molar-refractivity contribution in [3.63, 3.8) is 0 Å². The minimum atomic E-state index is -4.38. The molecule has 1 heterocycles. The van der Waals surface area contributed by atoms with Crippen molar-refractivity contribution in [2.24, 2.45) is 5.92 Å². The van der Waals surface area contributed by atoms with E-state index in [1.165, 1.54) is 18.9 Å². The summed E-state index contributed by atoms with van der Waals surface area (Å²) < 4.78 is 37.6. The largest absolute Gasteiger partial charge is 0.433 e. The average Bonchev–Trinajstić information content (AvgIpc) is 3.11. The Balaban J connectivity index is 2.03. The first kappa shape index (κ1) is 13.2. The lowest BCUT2D eigenvalue weighted by Gasteiger charge is -2.18. The fraction of sp³-hybridized carbons (Fsp3) is 0.615. The van der Waals surface area contributed by atoms with E-state index in [0.29, 0.717) is 5.82 Å². The van der Waals surface area contributed by atoms with Gasteiger partial charge in [-0.3, -0.25) is 0 Å². The Morgan fingerprint density at radius 3 is 2.67 bits per heavy atom. The zero-order valence-electron chi connectivity index (χ0n) is 10.3. The highest BCUT2D eigenvalue weighted by atomic mass is 19.4. The number of hydrogen-bond acceptors (Lipinski definition) is 2. The van der Waals surface area contributed by atoms with Crippen LogP contribution < -0.4 is 5.32 Å². The van der Waals surface area contributed by atoms with Gasteiger partial charge in [0.05, 0.1) is 0 Å². The number of aromatic nitrogens is 1. The van der Waals surface area contributed by atoms with Crippen LogP contribution in [0.5, 0.6) is 0 Å². The molecule has 0 radical (unpaired) electrons. The molecule has 0 aliphatic heterocycles. The summed E-state index contributed by atoms with van der Waals surface area (Å²) in [5.41, 5.74) is -0.839. The minimum absolute atomic E-state index is 0.216. The molecule has 1 atom stereocenters. The van der Waals surface area contributed by atoms with E-state index in [9.17, 15) is 13.2 Å². The van der Waals surface area contributed by atoms with E-state index in [-0.39, 0.29) is 6.04 Å². The van der Waals surface area contributed by atoms with Crippen LogP contribution in [-0.4, -0.2) is 11.0 Å². The van der Waals surface area contributed by atoms with Crippen LogP contribution in [0, 0.1) is 5.92 Å². The van der Waals surface area contributed by atoms with Gasteiger partial charge in [-0.2, -0.15) is 13.2 Å². The minimum Gasteiger partial charge on any atom is -0.367 e. The molecule has 0 aromatic carbocycles. The summed E-state index contributed by atoms with van der Waals surface area (Å²) in [5, 5.41) is 3.10. The van der Waals surface area contributed by atoms with E-state index < -0.39 is 11.9 Å². The van der Waals surface area contributed by atoms with Gasteiger partial charge < -0.3 is 5.32 Å². The molecule has 0 bridgehead atoms. The van der Waals surface area contributed by atoms with Gasteiger partial charge in [0, 0.05) is 6.04 Å². The van der Waals surface area contributed by atoms with Crippen molar-refractivity contribution < 1.29 is 13.2 Å². The lowest BCUT2D eigenvalue weighted by Crippen LogP contribution is -2.20. The first-order valence-electron chi connectivity index (χ1n) is 6.30. The van der Waals surface area contributed by atoms with Crippen LogP contribution in [0.1, 0.15) is 38.3 Å². The number of anilines is 1. The van der Waals surface area contributed by atoms with Crippen LogP contribution >= 0.6 is 0 Å². The molecule has 1 saturated carbocycles. The summed E-state index contributed by atoms with van der Waals surface area (Å²) in [6.45, 7) is 2.04. The molecule has 0 spiro atoms. The number of halogens is 3. The number of hydrogen-bond donors (Lipinski definition) is 1. The first-order chi connectivity index (χ1) is 8.49. The third-order valence-corrected chi connectivity index (χ3v) is 3.20. The Labute approximate surface area is 105 Å². The Bertz CT molecular complexity index is 399. The molecular weight excluding hydrogens is 241 g/mol. The lowest BCUT2D eigenvalue weighted by molar-refractivity contribution is -0.141. The SMILES string of the molecule is CCC(CC1CC1)Nc1cccc(C(F)(F)F)n1. The molecule has 0 amide bonds. The monoisotopic (exact) mass is 258 g/mol.